The number of aryl methyl sites for hydroxylation is 1. The standard InChI is InChI=1S/C20H22N4O3/c1-15-5-2-9-24-16(14-21-19(15)24)13-18(25)22-7-4-8-23(11-10-22)20(26)17-6-3-12-27-17/h2-3,5-6,9,12,14H,4,7-8,10-11,13H2,1H3. The van der Waals surface area contributed by atoms with Crippen molar-refractivity contribution in [2.75, 3.05) is 26.2 Å². The lowest BCUT2D eigenvalue weighted by atomic mass is 10.2. The molecule has 0 radical (unpaired) electrons. The quantitative estimate of drug-likeness (QED) is 0.712. The Hall–Kier alpha value is -3.09. The van der Waals surface area contributed by atoms with Gasteiger partial charge < -0.3 is 18.6 Å². The predicted molar refractivity (Wildman–Crippen MR) is 99.4 cm³/mol. The zero-order valence-corrected chi connectivity index (χ0v) is 15.3. The molecule has 2 amide bonds. The van der Waals surface area contributed by atoms with Crippen LogP contribution in [0.3, 0.4) is 0 Å². The molecule has 1 aliphatic heterocycles. The average Bonchev–Trinajstić information content (AvgIpc) is 3.27. The lowest BCUT2D eigenvalue weighted by Gasteiger charge is -2.21. The molecule has 0 N–H and O–H groups in total. The molecule has 0 bridgehead atoms. The number of aromatic nitrogens is 2. The van der Waals surface area contributed by atoms with Gasteiger partial charge in [0.05, 0.1) is 18.4 Å². The second-order valence-corrected chi connectivity index (χ2v) is 6.81. The number of amides is 2. The van der Waals surface area contributed by atoms with Gasteiger partial charge in [-0.1, -0.05) is 6.07 Å². The van der Waals surface area contributed by atoms with Gasteiger partial charge in [0.1, 0.15) is 5.65 Å². The third-order valence-corrected chi connectivity index (χ3v) is 5.01. The molecule has 4 heterocycles. The van der Waals surface area contributed by atoms with E-state index in [1.165, 1.54) is 6.26 Å². The van der Waals surface area contributed by atoms with E-state index < -0.39 is 0 Å². The molecule has 27 heavy (non-hydrogen) atoms. The van der Waals surface area contributed by atoms with E-state index in [1.54, 1.807) is 23.2 Å². The van der Waals surface area contributed by atoms with E-state index in [0.29, 0.717) is 38.4 Å². The van der Waals surface area contributed by atoms with Gasteiger partial charge in [-0.25, -0.2) is 4.98 Å². The number of imidazole rings is 1. The van der Waals surface area contributed by atoms with Gasteiger partial charge in [-0.15, -0.1) is 0 Å². The van der Waals surface area contributed by atoms with Crippen molar-refractivity contribution in [2.45, 2.75) is 19.8 Å². The summed E-state index contributed by atoms with van der Waals surface area (Å²) < 4.78 is 7.17. The van der Waals surface area contributed by atoms with Gasteiger partial charge in [0.2, 0.25) is 5.91 Å². The Morgan fingerprint density at radius 2 is 1.93 bits per heavy atom. The van der Waals surface area contributed by atoms with Crippen LogP contribution in [0.2, 0.25) is 0 Å². The van der Waals surface area contributed by atoms with Gasteiger partial charge in [-0.2, -0.15) is 0 Å². The van der Waals surface area contributed by atoms with Crippen LogP contribution in [-0.4, -0.2) is 57.2 Å². The number of fused-ring (bicyclic) bond motifs is 1. The number of nitrogens with zero attached hydrogens (tertiary/aromatic N) is 4. The van der Waals surface area contributed by atoms with Gasteiger partial charge in [-0.3, -0.25) is 9.59 Å². The number of hydrogen-bond acceptors (Lipinski definition) is 4. The summed E-state index contributed by atoms with van der Waals surface area (Å²) in [5.41, 5.74) is 2.84. The first-order valence-corrected chi connectivity index (χ1v) is 9.15. The lowest BCUT2D eigenvalue weighted by Crippen LogP contribution is -2.38. The monoisotopic (exact) mass is 366 g/mol. The molecule has 3 aromatic heterocycles. The Bertz CT molecular complexity index is 961. The van der Waals surface area contributed by atoms with Crippen LogP contribution in [0.4, 0.5) is 0 Å². The van der Waals surface area contributed by atoms with Gasteiger partial charge >= 0.3 is 0 Å². The van der Waals surface area contributed by atoms with E-state index in [2.05, 4.69) is 4.98 Å². The van der Waals surface area contributed by atoms with E-state index >= 15 is 0 Å². The molecule has 140 valence electrons. The van der Waals surface area contributed by atoms with Crippen molar-refractivity contribution in [1.29, 1.82) is 0 Å². The number of carbonyl (C=O) groups excluding carboxylic acids is 2. The maximum absolute atomic E-state index is 12.8. The molecule has 0 spiro atoms. The molecule has 3 aromatic rings. The fraction of sp³-hybridized carbons (Fsp3) is 0.350. The van der Waals surface area contributed by atoms with Crippen molar-refractivity contribution in [2.24, 2.45) is 0 Å². The number of carbonyl (C=O) groups is 2. The molecular formula is C20H22N4O3. The fourth-order valence-electron chi connectivity index (χ4n) is 3.53. The molecule has 0 aromatic carbocycles. The highest BCUT2D eigenvalue weighted by Gasteiger charge is 2.24. The third-order valence-electron chi connectivity index (χ3n) is 5.01. The molecule has 1 aliphatic rings. The smallest absolute Gasteiger partial charge is 0.289 e. The van der Waals surface area contributed by atoms with Crippen molar-refractivity contribution < 1.29 is 14.0 Å². The van der Waals surface area contributed by atoms with Crippen molar-refractivity contribution in [1.82, 2.24) is 19.2 Å². The molecule has 0 unspecified atom stereocenters. The normalized spacial score (nSPS) is 15.1. The first-order valence-electron chi connectivity index (χ1n) is 9.15. The summed E-state index contributed by atoms with van der Waals surface area (Å²) in [4.78, 5) is 33.3. The number of pyridine rings is 1. The van der Waals surface area contributed by atoms with Gasteiger partial charge in [0.25, 0.3) is 5.91 Å². The lowest BCUT2D eigenvalue weighted by molar-refractivity contribution is -0.130. The third kappa shape index (κ3) is 3.45. The minimum Gasteiger partial charge on any atom is -0.459 e. The van der Waals surface area contributed by atoms with Crippen LogP contribution in [0.5, 0.6) is 0 Å². The SMILES string of the molecule is Cc1cccn2c(CC(=O)N3CCCN(C(=O)c4ccco4)CC3)cnc12. The van der Waals surface area contributed by atoms with Gasteiger partial charge in [0, 0.05) is 38.6 Å². The highest BCUT2D eigenvalue weighted by molar-refractivity contribution is 5.91. The Morgan fingerprint density at radius 3 is 2.74 bits per heavy atom. The topological polar surface area (TPSA) is 71.1 Å². The fourth-order valence-corrected chi connectivity index (χ4v) is 3.53. The van der Waals surface area contributed by atoms with E-state index in [-0.39, 0.29) is 11.8 Å². The summed E-state index contributed by atoms with van der Waals surface area (Å²) in [6.07, 6.45) is 6.26. The summed E-state index contributed by atoms with van der Waals surface area (Å²) in [6.45, 7) is 4.32. The van der Waals surface area contributed by atoms with Crippen LogP contribution >= 0.6 is 0 Å². The molecular weight excluding hydrogens is 344 g/mol. The van der Waals surface area contributed by atoms with E-state index in [1.807, 2.05) is 34.6 Å². The first kappa shape index (κ1) is 17.3. The Kier molecular flexibility index (Phi) is 4.66. The van der Waals surface area contributed by atoms with Crippen molar-refractivity contribution in [3.8, 4) is 0 Å². The summed E-state index contributed by atoms with van der Waals surface area (Å²) in [7, 11) is 0. The minimum atomic E-state index is -0.119. The van der Waals surface area contributed by atoms with Crippen LogP contribution in [0, 0.1) is 6.92 Å². The molecule has 1 saturated heterocycles. The maximum Gasteiger partial charge on any atom is 0.289 e. The Morgan fingerprint density at radius 1 is 1.11 bits per heavy atom. The highest BCUT2D eigenvalue weighted by atomic mass is 16.3. The molecule has 1 fully saturated rings. The summed E-state index contributed by atoms with van der Waals surface area (Å²) in [6, 6.07) is 7.34. The average molecular weight is 366 g/mol. The van der Waals surface area contributed by atoms with Crippen molar-refractivity contribution >= 4 is 17.5 Å². The molecule has 0 saturated carbocycles. The minimum absolute atomic E-state index is 0.0607. The van der Waals surface area contributed by atoms with Crippen molar-refractivity contribution in [3.63, 3.8) is 0 Å². The molecule has 4 rings (SSSR count). The van der Waals surface area contributed by atoms with Crippen LogP contribution in [0.1, 0.15) is 28.2 Å². The molecule has 7 nitrogen and oxygen atoms in total. The summed E-state index contributed by atoms with van der Waals surface area (Å²) in [5, 5.41) is 0. The van der Waals surface area contributed by atoms with Crippen LogP contribution < -0.4 is 0 Å². The predicted octanol–water partition coefficient (Wildman–Crippen LogP) is 2.15. The maximum atomic E-state index is 12.8. The van der Waals surface area contributed by atoms with Gasteiger partial charge in [0.15, 0.2) is 5.76 Å². The van der Waals surface area contributed by atoms with Gasteiger partial charge in [-0.05, 0) is 37.1 Å². The molecule has 0 atom stereocenters. The van der Waals surface area contributed by atoms with E-state index in [0.717, 1.165) is 23.3 Å². The summed E-state index contributed by atoms with van der Waals surface area (Å²) in [5.74, 6) is 0.285. The second-order valence-electron chi connectivity index (χ2n) is 6.81. The van der Waals surface area contributed by atoms with Crippen LogP contribution in [-0.2, 0) is 11.2 Å². The zero-order chi connectivity index (χ0) is 18.8. The van der Waals surface area contributed by atoms with E-state index in [9.17, 15) is 9.59 Å². The molecule has 7 heteroatoms. The molecule has 0 aliphatic carbocycles. The largest absolute Gasteiger partial charge is 0.459 e. The van der Waals surface area contributed by atoms with E-state index in [4.69, 9.17) is 4.42 Å². The Labute approximate surface area is 157 Å². The second kappa shape index (κ2) is 7.26. The number of hydrogen-bond donors (Lipinski definition) is 0. The summed E-state index contributed by atoms with van der Waals surface area (Å²) >= 11 is 0. The highest BCUT2D eigenvalue weighted by Crippen LogP contribution is 2.14. The first-order chi connectivity index (χ1) is 13.1. The zero-order valence-electron chi connectivity index (χ0n) is 15.3. The number of rotatable bonds is 3. The van der Waals surface area contributed by atoms with Crippen LogP contribution in [0.25, 0.3) is 5.65 Å². The Balaban J connectivity index is 1.42. The van der Waals surface area contributed by atoms with Crippen molar-refractivity contribution in [3.05, 3.63) is 59.9 Å². The van der Waals surface area contributed by atoms with Crippen LogP contribution in [0.15, 0.2) is 47.3 Å². The number of furan rings is 1.